The Bertz CT molecular complexity index is 384. The SMILES string of the molecule is C[C@@H](CCC(=O)C(F)(F)F)c1ccc(Br)cc1. The lowest BCUT2D eigenvalue weighted by atomic mass is 9.95. The minimum Gasteiger partial charge on any atom is -0.290 e. The zero-order valence-electron chi connectivity index (χ0n) is 9.22. The topological polar surface area (TPSA) is 17.1 Å². The van der Waals surface area contributed by atoms with E-state index >= 15 is 0 Å². The maximum atomic E-state index is 12.0. The Kier molecular flexibility index (Phi) is 4.74. The standard InChI is InChI=1S/C12H12BrF3O/c1-8(2-7-11(17)12(14,15)16)9-3-5-10(13)6-4-9/h3-6,8H,2,7H2,1H3/t8-/m0/s1. The van der Waals surface area contributed by atoms with Crippen LogP contribution in [-0.4, -0.2) is 12.0 Å². The molecule has 0 radical (unpaired) electrons. The Morgan fingerprint density at radius 3 is 2.29 bits per heavy atom. The number of halogens is 4. The van der Waals surface area contributed by atoms with E-state index in [-0.39, 0.29) is 12.3 Å². The zero-order chi connectivity index (χ0) is 13.1. The van der Waals surface area contributed by atoms with E-state index in [0.717, 1.165) is 10.0 Å². The first kappa shape index (κ1) is 14.2. The van der Waals surface area contributed by atoms with Crippen LogP contribution in [0.2, 0.25) is 0 Å². The van der Waals surface area contributed by atoms with Gasteiger partial charge in [-0.3, -0.25) is 4.79 Å². The fourth-order valence-corrected chi connectivity index (χ4v) is 1.71. The van der Waals surface area contributed by atoms with Crippen LogP contribution in [0.15, 0.2) is 28.7 Å². The van der Waals surface area contributed by atoms with Crippen molar-refractivity contribution >= 4 is 21.7 Å². The summed E-state index contributed by atoms with van der Waals surface area (Å²) >= 11 is 3.28. The summed E-state index contributed by atoms with van der Waals surface area (Å²) in [5.74, 6) is -1.71. The summed E-state index contributed by atoms with van der Waals surface area (Å²) in [6, 6.07) is 7.34. The average Bonchev–Trinajstić information content (AvgIpc) is 2.25. The molecule has 0 unspecified atom stereocenters. The molecule has 1 aromatic rings. The minimum atomic E-state index is -4.71. The number of carbonyl (C=O) groups is 1. The van der Waals surface area contributed by atoms with Gasteiger partial charge in [-0.2, -0.15) is 13.2 Å². The molecule has 0 bridgehead atoms. The number of hydrogen-bond donors (Lipinski definition) is 0. The van der Waals surface area contributed by atoms with Crippen molar-refractivity contribution in [1.82, 2.24) is 0 Å². The maximum Gasteiger partial charge on any atom is 0.449 e. The van der Waals surface area contributed by atoms with E-state index in [0.29, 0.717) is 0 Å². The number of ketones is 1. The number of hydrogen-bond acceptors (Lipinski definition) is 1. The molecule has 1 nitrogen and oxygen atoms in total. The molecule has 0 aliphatic heterocycles. The molecule has 0 saturated carbocycles. The average molecular weight is 309 g/mol. The third-order valence-corrected chi connectivity index (χ3v) is 3.09. The van der Waals surface area contributed by atoms with Gasteiger partial charge in [-0.15, -0.1) is 0 Å². The van der Waals surface area contributed by atoms with Crippen LogP contribution in [0.3, 0.4) is 0 Å². The van der Waals surface area contributed by atoms with E-state index < -0.39 is 18.4 Å². The Balaban J connectivity index is 2.53. The molecule has 1 aromatic carbocycles. The van der Waals surface area contributed by atoms with Crippen LogP contribution in [-0.2, 0) is 4.79 Å². The summed E-state index contributed by atoms with van der Waals surface area (Å²) in [6.45, 7) is 1.81. The highest BCUT2D eigenvalue weighted by Crippen LogP contribution is 2.25. The smallest absolute Gasteiger partial charge is 0.290 e. The molecule has 94 valence electrons. The highest BCUT2D eigenvalue weighted by molar-refractivity contribution is 9.10. The lowest BCUT2D eigenvalue weighted by molar-refractivity contribution is -0.171. The molecule has 0 N–H and O–H groups in total. The van der Waals surface area contributed by atoms with Crippen molar-refractivity contribution < 1.29 is 18.0 Å². The van der Waals surface area contributed by atoms with Crippen molar-refractivity contribution in [2.45, 2.75) is 31.9 Å². The van der Waals surface area contributed by atoms with Gasteiger partial charge in [0.1, 0.15) is 0 Å². The van der Waals surface area contributed by atoms with Crippen LogP contribution in [0, 0.1) is 0 Å². The molecule has 0 heterocycles. The highest BCUT2D eigenvalue weighted by atomic mass is 79.9. The number of benzene rings is 1. The molecule has 1 atom stereocenters. The van der Waals surface area contributed by atoms with Crippen LogP contribution < -0.4 is 0 Å². The Morgan fingerprint density at radius 1 is 1.29 bits per heavy atom. The first-order valence-corrected chi connectivity index (χ1v) is 5.95. The third-order valence-electron chi connectivity index (χ3n) is 2.56. The predicted molar refractivity (Wildman–Crippen MR) is 62.9 cm³/mol. The summed E-state index contributed by atoms with van der Waals surface area (Å²) in [7, 11) is 0. The van der Waals surface area contributed by atoms with Gasteiger partial charge >= 0.3 is 6.18 Å². The highest BCUT2D eigenvalue weighted by Gasteiger charge is 2.37. The van der Waals surface area contributed by atoms with Crippen molar-refractivity contribution in [3.63, 3.8) is 0 Å². The number of rotatable bonds is 4. The van der Waals surface area contributed by atoms with Gasteiger partial charge in [0.25, 0.3) is 0 Å². The fraction of sp³-hybridized carbons (Fsp3) is 0.417. The van der Waals surface area contributed by atoms with Crippen LogP contribution >= 0.6 is 15.9 Å². The van der Waals surface area contributed by atoms with Crippen molar-refractivity contribution in [2.75, 3.05) is 0 Å². The molecule has 5 heteroatoms. The second kappa shape index (κ2) is 5.67. The Hall–Kier alpha value is -0.840. The Labute approximate surface area is 106 Å². The first-order chi connectivity index (χ1) is 7.80. The predicted octanol–water partition coefficient (Wildman–Crippen LogP) is 4.46. The summed E-state index contributed by atoms with van der Waals surface area (Å²) in [6.07, 6.45) is -4.96. The Morgan fingerprint density at radius 2 is 1.82 bits per heavy atom. The number of carbonyl (C=O) groups excluding carboxylic acids is 1. The van der Waals surface area contributed by atoms with Crippen LogP contribution in [0.25, 0.3) is 0 Å². The molecular weight excluding hydrogens is 297 g/mol. The molecule has 0 fully saturated rings. The van der Waals surface area contributed by atoms with Gasteiger partial charge in [0, 0.05) is 10.9 Å². The molecule has 0 saturated heterocycles. The largest absolute Gasteiger partial charge is 0.449 e. The van der Waals surface area contributed by atoms with Gasteiger partial charge in [-0.1, -0.05) is 35.0 Å². The van der Waals surface area contributed by atoms with E-state index in [1.165, 1.54) is 0 Å². The van der Waals surface area contributed by atoms with Crippen molar-refractivity contribution in [2.24, 2.45) is 0 Å². The summed E-state index contributed by atoms with van der Waals surface area (Å²) < 4.78 is 36.9. The fourth-order valence-electron chi connectivity index (χ4n) is 1.45. The van der Waals surface area contributed by atoms with Gasteiger partial charge in [0.15, 0.2) is 0 Å². The summed E-state index contributed by atoms with van der Waals surface area (Å²) in [4.78, 5) is 10.7. The maximum absolute atomic E-state index is 12.0. The number of Topliss-reactive ketones (excluding diaryl/α,β-unsaturated/α-hetero) is 1. The molecule has 1 rings (SSSR count). The lowest BCUT2D eigenvalue weighted by Crippen LogP contribution is -2.22. The number of alkyl halides is 3. The normalized spacial score (nSPS) is 13.5. The van der Waals surface area contributed by atoms with Gasteiger partial charge < -0.3 is 0 Å². The molecule has 0 aliphatic carbocycles. The van der Waals surface area contributed by atoms with Crippen LogP contribution in [0.5, 0.6) is 0 Å². The first-order valence-electron chi connectivity index (χ1n) is 5.16. The van der Waals surface area contributed by atoms with Crippen molar-refractivity contribution in [3.05, 3.63) is 34.3 Å². The second-order valence-corrected chi connectivity index (χ2v) is 4.83. The van der Waals surface area contributed by atoms with Crippen molar-refractivity contribution in [3.8, 4) is 0 Å². The molecule has 17 heavy (non-hydrogen) atoms. The van der Waals surface area contributed by atoms with E-state index in [4.69, 9.17) is 0 Å². The van der Waals surface area contributed by atoms with E-state index in [1.54, 1.807) is 0 Å². The van der Waals surface area contributed by atoms with E-state index in [1.807, 2.05) is 31.2 Å². The molecule has 0 aliphatic rings. The van der Waals surface area contributed by atoms with Crippen LogP contribution in [0.1, 0.15) is 31.2 Å². The van der Waals surface area contributed by atoms with E-state index in [9.17, 15) is 18.0 Å². The quantitative estimate of drug-likeness (QED) is 0.802. The molecule has 0 amide bonds. The van der Waals surface area contributed by atoms with Gasteiger partial charge in [0.2, 0.25) is 5.78 Å². The van der Waals surface area contributed by atoms with Crippen molar-refractivity contribution in [1.29, 1.82) is 0 Å². The lowest BCUT2D eigenvalue weighted by Gasteiger charge is -2.12. The van der Waals surface area contributed by atoms with Gasteiger partial charge in [-0.05, 0) is 30.0 Å². The van der Waals surface area contributed by atoms with Gasteiger partial charge in [0.05, 0.1) is 0 Å². The molecule has 0 aromatic heterocycles. The zero-order valence-corrected chi connectivity index (χ0v) is 10.8. The summed E-state index contributed by atoms with van der Waals surface area (Å²) in [5, 5.41) is 0. The van der Waals surface area contributed by atoms with E-state index in [2.05, 4.69) is 15.9 Å². The second-order valence-electron chi connectivity index (χ2n) is 3.91. The van der Waals surface area contributed by atoms with Crippen LogP contribution in [0.4, 0.5) is 13.2 Å². The minimum absolute atomic E-state index is 0.0607. The van der Waals surface area contributed by atoms with Gasteiger partial charge in [-0.25, -0.2) is 0 Å². The molecule has 0 spiro atoms. The molecular formula is C12H12BrF3O. The summed E-state index contributed by atoms with van der Waals surface area (Å²) in [5.41, 5.74) is 0.933. The monoisotopic (exact) mass is 308 g/mol. The third kappa shape index (κ3) is 4.50.